The van der Waals surface area contributed by atoms with E-state index >= 15 is 0 Å². The molecule has 0 bridgehead atoms. The molecule has 0 atom stereocenters. The van der Waals surface area contributed by atoms with Crippen LogP contribution in [0.1, 0.15) is 27.5 Å². The molecule has 0 fully saturated rings. The second kappa shape index (κ2) is 6.17. The highest BCUT2D eigenvalue weighted by molar-refractivity contribution is 6.43. The zero-order valence-electron chi connectivity index (χ0n) is 11.7. The van der Waals surface area contributed by atoms with E-state index in [0.717, 1.165) is 5.56 Å². The first-order valence-corrected chi connectivity index (χ1v) is 6.76. The van der Waals surface area contributed by atoms with Gasteiger partial charge in [0.1, 0.15) is 12.1 Å². The summed E-state index contributed by atoms with van der Waals surface area (Å²) in [5, 5.41) is 6.04. The van der Waals surface area contributed by atoms with Gasteiger partial charge in [-0.2, -0.15) is 0 Å². The van der Waals surface area contributed by atoms with Gasteiger partial charge in [0.25, 0.3) is 5.78 Å². The number of aromatic amines is 1. The standard InChI is InChI=1S/C16H13N3O3/c20-13(15(21)16-17-10-18-19-16)9-12-6-7-22-14(12)8-11-4-2-1-3-5-11/h1-7,10H,8-9H2,(H,17,18,19). The minimum Gasteiger partial charge on any atom is -0.469 e. The molecule has 6 nitrogen and oxygen atoms in total. The topological polar surface area (TPSA) is 88.9 Å². The van der Waals surface area contributed by atoms with Gasteiger partial charge in [0, 0.05) is 18.4 Å². The van der Waals surface area contributed by atoms with Crippen LogP contribution in [0, 0.1) is 0 Å². The maximum atomic E-state index is 12.0. The number of H-pyrrole nitrogens is 1. The van der Waals surface area contributed by atoms with Crippen molar-refractivity contribution in [2.75, 3.05) is 0 Å². The average Bonchev–Trinajstić information content (AvgIpc) is 3.20. The van der Waals surface area contributed by atoms with Gasteiger partial charge in [-0.3, -0.25) is 14.7 Å². The van der Waals surface area contributed by atoms with Crippen molar-refractivity contribution in [3.05, 3.63) is 71.7 Å². The van der Waals surface area contributed by atoms with Crippen molar-refractivity contribution in [1.29, 1.82) is 0 Å². The molecule has 110 valence electrons. The first-order valence-electron chi connectivity index (χ1n) is 6.76. The van der Waals surface area contributed by atoms with Gasteiger partial charge in [-0.1, -0.05) is 30.3 Å². The van der Waals surface area contributed by atoms with Gasteiger partial charge in [0.15, 0.2) is 0 Å². The molecule has 0 amide bonds. The summed E-state index contributed by atoms with van der Waals surface area (Å²) >= 11 is 0. The van der Waals surface area contributed by atoms with Crippen LogP contribution in [0.2, 0.25) is 0 Å². The fourth-order valence-electron chi connectivity index (χ4n) is 2.16. The smallest absolute Gasteiger partial charge is 0.267 e. The van der Waals surface area contributed by atoms with Gasteiger partial charge in [0.2, 0.25) is 11.6 Å². The Hall–Kier alpha value is -3.02. The monoisotopic (exact) mass is 295 g/mol. The molecular weight excluding hydrogens is 282 g/mol. The molecule has 3 aromatic rings. The third-order valence-electron chi connectivity index (χ3n) is 3.27. The van der Waals surface area contributed by atoms with E-state index in [2.05, 4.69) is 15.2 Å². The summed E-state index contributed by atoms with van der Waals surface area (Å²) in [6.45, 7) is 0. The van der Waals surface area contributed by atoms with E-state index in [4.69, 9.17) is 4.42 Å². The molecule has 2 heterocycles. The molecule has 0 radical (unpaired) electrons. The minimum absolute atomic E-state index is 0.0218. The van der Waals surface area contributed by atoms with Gasteiger partial charge in [-0.15, -0.1) is 5.10 Å². The summed E-state index contributed by atoms with van der Waals surface area (Å²) in [6.07, 6.45) is 3.34. The maximum Gasteiger partial charge on any atom is 0.267 e. The van der Waals surface area contributed by atoms with Crippen LogP contribution < -0.4 is 0 Å². The zero-order chi connectivity index (χ0) is 15.4. The lowest BCUT2D eigenvalue weighted by Gasteiger charge is -2.02. The van der Waals surface area contributed by atoms with Crippen molar-refractivity contribution in [3.8, 4) is 0 Å². The molecule has 2 aromatic heterocycles. The molecule has 0 spiro atoms. The number of hydrogen-bond acceptors (Lipinski definition) is 5. The largest absolute Gasteiger partial charge is 0.469 e. The van der Waals surface area contributed by atoms with Crippen LogP contribution in [-0.2, 0) is 17.6 Å². The second-order valence-corrected chi connectivity index (χ2v) is 4.78. The molecule has 1 aromatic carbocycles. The summed E-state index contributed by atoms with van der Waals surface area (Å²) in [5.41, 5.74) is 1.78. The Balaban J connectivity index is 1.72. The van der Waals surface area contributed by atoms with Crippen molar-refractivity contribution >= 4 is 11.6 Å². The Morgan fingerprint density at radius 3 is 2.68 bits per heavy atom. The van der Waals surface area contributed by atoms with Crippen LogP contribution in [0.25, 0.3) is 0 Å². The van der Waals surface area contributed by atoms with Crippen LogP contribution in [0.3, 0.4) is 0 Å². The maximum absolute atomic E-state index is 12.0. The number of rotatable bonds is 6. The SMILES string of the molecule is O=C(Cc1ccoc1Cc1ccccc1)C(=O)c1nc[nH]n1. The Kier molecular flexibility index (Phi) is 3.91. The van der Waals surface area contributed by atoms with Crippen molar-refractivity contribution < 1.29 is 14.0 Å². The van der Waals surface area contributed by atoms with Gasteiger partial charge in [-0.05, 0) is 11.6 Å². The predicted octanol–water partition coefficient (Wildman–Crippen LogP) is 1.98. The van der Waals surface area contributed by atoms with Crippen molar-refractivity contribution in [2.24, 2.45) is 0 Å². The number of nitrogens with zero attached hydrogens (tertiary/aromatic N) is 2. The summed E-state index contributed by atoms with van der Waals surface area (Å²) < 4.78 is 5.44. The molecule has 0 saturated heterocycles. The fourth-order valence-corrected chi connectivity index (χ4v) is 2.16. The first kappa shape index (κ1) is 13.9. The summed E-state index contributed by atoms with van der Waals surface area (Å²) in [4.78, 5) is 27.6. The number of Topliss-reactive ketones (excluding diaryl/α,β-unsaturated/α-hetero) is 2. The lowest BCUT2D eigenvalue weighted by Crippen LogP contribution is -2.18. The van der Waals surface area contributed by atoms with Crippen LogP contribution in [0.4, 0.5) is 0 Å². The van der Waals surface area contributed by atoms with E-state index in [-0.39, 0.29) is 12.2 Å². The van der Waals surface area contributed by atoms with Crippen molar-refractivity contribution in [1.82, 2.24) is 15.2 Å². The number of aromatic nitrogens is 3. The molecule has 3 rings (SSSR count). The van der Waals surface area contributed by atoms with E-state index < -0.39 is 11.6 Å². The molecule has 0 aliphatic carbocycles. The second-order valence-electron chi connectivity index (χ2n) is 4.78. The Morgan fingerprint density at radius 2 is 1.95 bits per heavy atom. The van der Waals surface area contributed by atoms with Crippen LogP contribution in [-0.4, -0.2) is 26.7 Å². The Bertz CT molecular complexity index is 776. The van der Waals surface area contributed by atoms with Crippen LogP contribution in [0.15, 0.2) is 53.4 Å². The lowest BCUT2D eigenvalue weighted by molar-refractivity contribution is -0.114. The number of carbonyl (C=O) groups is 2. The highest BCUT2D eigenvalue weighted by Gasteiger charge is 2.22. The molecule has 6 heteroatoms. The van der Waals surface area contributed by atoms with Gasteiger partial charge in [0.05, 0.1) is 6.26 Å². The fraction of sp³-hybridized carbons (Fsp3) is 0.125. The van der Waals surface area contributed by atoms with Crippen LogP contribution in [0.5, 0.6) is 0 Å². The van der Waals surface area contributed by atoms with E-state index in [1.807, 2.05) is 30.3 Å². The molecule has 0 unspecified atom stereocenters. The predicted molar refractivity (Wildman–Crippen MR) is 77.4 cm³/mol. The number of carbonyl (C=O) groups excluding carboxylic acids is 2. The Labute approximate surface area is 126 Å². The third-order valence-corrected chi connectivity index (χ3v) is 3.27. The van der Waals surface area contributed by atoms with Crippen LogP contribution >= 0.6 is 0 Å². The number of ketones is 2. The van der Waals surface area contributed by atoms with Crippen molar-refractivity contribution in [3.63, 3.8) is 0 Å². The quantitative estimate of drug-likeness (QED) is 0.555. The molecule has 0 saturated carbocycles. The number of nitrogens with one attached hydrogen (secondary N) is 1. The summed E-state index contributed by atoms with van der Waals surface area (Å²) in [5.74, 6) is -0.691. The average molecular weight is 295 g/mol. The number of furan rings is 1. The van der Waals surface area contributed by atoms with Gasteiger partial charge < -0.3 is 4.42 Å². The molecule has 0 aliphatic rings. The molecular formula is C16H13N3O3. The van der Waals surface area contributed by atoms with Crippen molar-refractivity contribution in [2.45, 2.75) is 12.8 Å². The zero-order valence-corrected chi connectivity index (χ0v) is 11.7. The number of benzene rings is 1. The molecule has 1 N–H and O–H groups in total. The van der Waals surface area contributed by atoms with E-state index in [1.165, 1.54) is 12.6 Å². The highest BCUT2D eigenvalue weighted by Crippen LogP contribution is 2.17. The van der Waals surface area contributed by atoms with E-state index in [9.17, 15) is 9.59 Å². The molecule has 0 aliphatic heterocycles. The highest BCUT2D eigenvalue weighted by atomic mass is 16.3. The van der Waals surface area contributed by atoms with E-state index in [0.29, 0.717) is 17.7 Å². The summed E-state index contributed by atoms with van der Waals surface area (Å²) in [7, 11) is 0. The summed E-state index contributed by atoms with van der Waals surface area (Å²) in [6, 6.07) is 11.5. The number of hydrogen-bond donors (Lipinski definition) is 1. The first-order chi connectivity index (χ1) is 10.7. The normalized spacial score (nSPS) is 10.5. The van der Waals surface area contributed by atoms with Gasteiger partial charge >= 0.3 is 0 Å². The van der Waals surface area contributed by atoms with Gasteiger partial charge in [-0.25, -0.2) is 4.98 Å². The van der Waals surface area contributed by atoms with E-state index in [1.54, 1.807) is 6.07 Å². The lowest BCUT2D eigenvalue weighted by atomic mass is 10.0. The minimum atomic E-state index is -0.701. The molecule has 22 heavy (non-hydrogen) atoms. The Morgan fingerprint density at radius 1 is 1.14 bits per heavy atom. The third kappa shape index (κ3) is 3.01.